The highest BCUT2D eigenvalue weighted by Gasteiger charge is 2.32. The monoisotopic (exact) mass is 397 g/mol. The molecule has 1 aromatic heterocycles. The van der Waals surface area contributed by atoms with Crippen LogP contribution in [0.2, 0.25) is 0 Å². The smallest absolute Gasteiger partial charge is 0.254 e. The quantitative estimate of drug-likeness (QED) is 0.812. The van der Waals surface area contributed by atoms with Crippen molar-refractivity contribution in [1.82, 2.24) is 24.9 Å². The van der Waals surface area contributed by atoms with Crippen molar-refractivity contribution in [3.63, 3.8) is 0 Å². The Bertz CT molecular complexity index is 846. The van der Waals surface area contributed by atoms with Crippen molar-refractivity contribution in [2.24, 2.45) is 0 Å². The number of likely N-dealkylation sites (tertiary alicyclic amines) is 1. The predicted octanol–water partition coefficient (Wildman–Crippen LogP) is 2.28. The first-order valence-corrected chi connectivity index (χ1v) is 10.3. The van der Waals surface area contributed by atoms with Crippen LogP contribution in [-0.2, 0) is 4.79 Å². The number of likely N-dealkylation sites (N-methyl/N-ethyl adjacent to an activating group) is 1. The van der Waals surface area contributed by atoms with Crippen molar-refractivity contribution >= 4 is 11.8 Å². The fraction of sp³-hybridized carbons (Fsp3) is 0.500. The van der Waals surface area contributed by atoms with Gasteiger partial charge in [-0.25, -0.2) is 4.68 Å². The van der Waals surface area contributed by atoms with Crippen molar-refractivity contribution in [3.05, 3.63) is 47.8 Å². The molecule has 1 fully saturated rings. The van der Waals surface area contributed by atoms with E-state index < -0.39 is 0 Å². The van der Waals surface area contributed by atoms with Gasteiger partial charge >= 0.3 is 0 Å². The zero-order valence-corrected chi connectivity index (χ0v) is 17.8. The average molecular weight is 398 g/mol. The summed E-state index contributed by atoms with van der Waals surface area (Å²) in [5.41, 5.74) is 2.36. The van der Waals surface area contributed by atoms with E-state index >= 15 is 0 Å². The third-order valence-corrected chi connectivity index (χ3v) is 5.53. The first kappa shape index (κ1) is 21.0. The molecule has 1 aliphatic heterocycles. The normalized spacial score (nSPS) is 18.3. The Morgan fingerprint density at radius 2 is 2.00 bits per heavy atom. The average Bonchev–Trinajstić information content (AvgIpc) is 3.19. The van der Waals surface area contributed by atoms with Gasteiger partial charge in [-0.05, 0) is 45.4 Å². The van der Waals surface area contributed by atoms with Gasteiger partial charge < -0.3 is 10.2 Å². The van der Waals surface area contributed by atoms with E-state index in [-0.39, 0.29) is 23.8 Å². The van der Waals surface area contributed by atoms with Gasteiger partial charge in [0.25, 0.3) is 5.91 Å². The van der Waals surface area contributed by atoms with Crippen molar-refractivity contribution in [2.45, 2.75) is 38.6 Å². The standard InChI is InChI=1S/C22H31N5O2/c1-5-23-21(28)19-15-27(18-11-7-6-8-12-18)24-20(19)17-10-9-13-26(14-17)16(2)22(29)25(3)4/h6-8,11-12,15-17H,5,9-10,13-14H2,1-4H3,(H,23,28). The summed E-state index contributed by atoms with van der Waals surface area (Å²) in [6.07, 6.45) is 3.75. The lowest BCUT2D eigenvalue weighted by atomic mass is 9.91. The summed E-state index contributed by atoms with van der Waals surface area (Å²) in [6.45, 7) is 6.04. The molecule has 0 bridgehead atoms. The summed E-state index contributed by atoms with van der Waals surface area (Å²) < 4.78 is 1.78. The van der Waals surface area contributed by atoms with Crippen LogP contribution in [0, 0.1) is 0 Å². The first-order chi connectivity index (χ1) is 13.9. The van der Waals surface area contributed by atoms with Gasteiger partial charge in [0.05, 0.1) is 23.0 Å². The lowest BCUT2D eigenvalue weighted by Crippen LogP contribution is -2.48. The molecule has 1 saturated heterocycles. The van der Waals surface area contributed by atoms with Crippen LogP contribution >= 0.6 is 0 Å². The number of amides is 2. The number of rotatable bonds is 6. The Morgan fingerprint density at radius 3 is 2.66 bits per heavy atom. The van der Waals surface area contributed by atoms with Crippen molar-refractivity contribution in [3.8, 4) is 5.69 Å². The maximum absolute atomic E-state index is 12.7. The number of aromatic nitrogens is 2. The highest BCUT2D eigenvalue weighted by atomic mass is 16.2. The number of hydrogen-bond acceptors (Lipinski definition) is 4. The molecule has 2 aromatic rings. The van der Waals surface area contributed by atoms with Crippen molar-refractivity contribution < 1.29 is 9.59 Å². The molecule has 2 atom stereocenters. The second-order valence-corrected chi connectivity index (χ2v) is 7.81. The number of para-hydroxylation sites is 1. The zero-order valence-electron chi connectivity index (χ0n) is 17.8. The number of nitrogens with zero attached hydrogens (tertiary/aromatic N) is 4. The summed E-state index contributed by atoms with van der Waals surface area (Å²) in [5.74, 6) is 0.118. The molecule has 3 rings (SSSR count). The second kappa shape index (κ2) is 9.22. The van der Waals surface area contributed by atoms with Crippen LogP contribution in [0.15, 0.2) is 36.5 Å². The van der Waals surface area contributed by atoms with E-state index in [0.29, 0.717) is 12.1 Å². The Kier molecular flexibility index (Phi) is 6.69. The molecule has 0 saturated carbocycles. The molecule has 2 amide bonds. The summed E-state index contributed by atoms with van der Waals surface area (Å²) in [7, 11) is 3.57. The molecule has 7 nitrogen and oxygen atoms in total. The van der Waals surface area contributed by atoms with E-state index in [0.717, 1.165) is 37.3 Å². The molecule has 2 unspecified atom stereocenters. The molecule has 7 heteroatoms. The molecule has 1 aromatic carbocycles. The van der Waals surface area contributed by atoms with Gasteiger partial charge in [0.2, 0.25) is 5.91 Å². The van der Waals surface area contributed by atoms with Crippen LogP contribution in [0.1, 0.15) is 48.7 Å². The molecular formula is C22H31N5O2. The van der Waals surface area contributed by atoms with E-state index in [1.54, 1.807) is 23.7 Å². The molecule has 1 N–H and O–H groups in total. The Hall–Kier alpha value is -2.67. The largest absolute Gasteiger partial charge is 0.352 e. The molecular weight excluding hydrogens is 366 g/mol. The summed E-state index contributed by atoms with van der Waals surface area (Å²) in [5, 5.41) is 7.72. The Morgan fingerprint density at radius 1 is 1.28 bits per heavy atom. The third-order valence-electron chi connectivity index (χ3n) is 5.53. The lowest BCUT2D eigenvalue weighted by molar-refractivity contribution is -0.134. The minimum atomic E-state index is -0.183. The summed E-state index contributed by atoms with van der Waals surface area (Å²) in [6, 6.07) is 9.64. The van der Waals surface area contributed by atoms with Crippen molar-refractivity contribution in [2.75, 3.05) is 33.7 Å². The summed E-state index contributed by atoms with van der Waals surface area (Å²) >= 11 is 0. The van der Waals surface area contributed by atoms with E-state index in [4.69, 9.17) is 5.10 Å². The number of benzene rings is 1. The van der Waals surface area contributed by atoms with Gasteiger partial charge in [-0.3, -0.25) is 14.5 Å². The van der Waals surface area contributed by atoms with E-state index in [1.807, 2.05) is 50.4 Å². The van der Waals surface area contributed by atoms with Gasteiger partial charge in [0.15, 0.2) is 0 Å². The van der Waals surface area contributed by atoms with Crippen LogP contribution < -0.4 is 5.32 Å². The maximum atomic E-state index is 12.7. The molecule has 0 radical (unpaired) electrons. The highest BCUT2D eigenvalue weighted by molar-refractivity contribution is 5.95. The van der Waals surface area contributed by atoms with Crippen molar-refractivity contribution in [1.29, 1.82) is 0 Å². The molecule has 156 valence electrons. The van der Waals surface area contributed by atoms with Crippen LogP contribution in [-0.4, -0.2) is 71.2 Å². The Labute approximate surface area is 172 Å². The SMILES string of the molecule is CCNC(=O)c1cn(-c2ccccc2)nc1C1CCCN(C(C)C(=O)N(C)C)C1. The van der Waals surface area contributed by atoms with Gasteiger partial charge in [0.1, 0.15) is 0 Å². The van der Waals surface area contributed by atoms with Gasteiger partial charge in [0, 0.05) is 39.3 Å². The number of piperidine rings is 1. The number of carbonyl (C=O) groups is 2. The van der Waals surface area contributed by atoms with Crippen LogP contribution in [0.3, 0.4) is 0 Å². The van der Waals surface area contributed by atoms with Gasteiger partial charge in [-0.1, -0.05) is 18.2 Å². The molecule has 2 heterocycles. The van der Waals surface area contributed by atoms with Crippen LogP contribution in [0.25, 0.3) is 5.69 Å². The molecule has 1 aliphatic rings. The third kappa shape index (κ3) is 4.67. The lowest BCUT2D eigenvalue weighted by Gasteiger charge is -2.36. The maximum Gasteiger partial charge on any atom is 0.254 e. The number of nitrogens with one attached hydrogen (secondary N) is 1. The topological polar surface area (TPSA) is 70.5 Å². The number of carbonyl (C=O) groups excluding carboxylic acids is 2. The fourth-order valence-corrected chi connectivity index (χ4v) is 3.94. The predicted molar refractivity (Wildman–Crippen MR) is 113 cm³/mol. The van der Waals surface area contributed by atoms with Gasteiger partial charge in [-0.2, -0.15) is 5.10 Å². The first-order valence-electron chi connectivity index (χ1n) is 10.3. The Balaban J connectivity index is 1.90. The minimum absolute atomic E-state index is 0.0979. The van der Waals surface area contributed by atoms with Crippen LogP contribution in [0.5, 0.6) is 0 Å². The van der Waals surface area contributed by atoms with E-state index in [1.165, 1.54) is 0 Å². The molecule has 0 spiro atoms. The second-order valence-electron chi connectivity index (χ2n) is 7.81. The zero-order chi connectivity index (χ0) is 21.0. The fourth-order valence-electron chi connectivity index (χ4n) is 3.94. The van der Waals surface area contributed by atoms with E-state index in [2.05, 4.69) is 10.2 Å². The molecule has 0 aliphatic carbocycles. The number of hydrogen-bond donors (Lipinski definition) is 1. The van der Waals surface area contributed by atoms with Crippen LogP contribution in [0.4, 0.5) is 0 Å². The molecule has 29 heavy (non-hydrogen) atoms. The summed E-state index contributed by atoms with van der Waals surface area (Å²) in [4.78, 5) is 29.0. The minimum Gasteiger partial charge on any atom is -0.352 e. The van der Waals surface area contributed by atoms with E-state index in [9.17, 15) is 9.59 Å². The van der Waals surface area contributed by atoms with Gasteiger partial charge in [-0.15, -0.1) is 0 Å². The highest BCUT2D eigenvalue weighted by Crippen LogP contribution is 2.30.